The van der Waals surface area contributed by atoms with Crippen molar-refractivity contribution in [2.24, 2.45) is 0 Å². The number of nitrogens with zero attached hydrogens (tertiary/aromatic N) is 2. The van der Waals surface area contributed by atoms with Crippen molar-refractivity contribution in [1.82, 2.24) is 31.6 Å². The average molecular weight is 475 g/mol. The van der Waals surface area contributed by atoms with E-state index in [9.17, 15) is 9.28 Å². The Kier molecular flexibility index (Phi) is 17.5. The van der Waals surface area contributed by atoms with Gasteiger partial charge in [0.2, 0.25) is 5.91 Å². The van der Waals surface area contributed by atoms with Gasteiger partial charge in [-0.1, -0.05) is 42.0 Å². The number of methoxy groups -OCH3 is 1. The Morgan fingerprint density at radius 1 is 1.09 bits per heavy atom. The molecule has 33 heavy (non-hydrogen) atoms. The average Bonchev–Trinajstić information content (AvgIpc) is 2.80. The zero-order valence-corrected chi connectivity index (χ0v) is 19.3. The van der Waals surface area contributed by atoms with Gasteiger partial charge in [-0.3, -0.25) is 25.8 Å². The van der Waals surface area contributed by atoms with Crippen LogP contribution in [0.15, 0.2) is 30.3 Å². The van der Waals surface area contributed by atoms with Crippen LogP contribution in [-0.2, 0) is 20.7 Å². The van der Waals surface area contributed by atoms with Crippen LogP contribution in [0, 0.1) is 0 Å². The molecule has 0 fully saturated rings. The Bertz CT molecular complexity index is 602. The summed E-state index contributed by atoms with van der Waals surface area (Å²) < 4.78 is 24.9. The van der Waals surface area contributed by atoms with Gasteiger partial charge in [0.1, 0.15) is 6.17 Å². The van der Waals surface area contributed by atoms with Crippen molar-refractivity contribution >= 4 is 5.91 Å². The molecule has 0 aliphatic rings. The van der Waals surface area contributed by atoms with Crippen molar-refractivity contribution in [2.75, 3.05) is 60.0 Å². The Labute approximate surface area is 195 Å². The summed E-state index contributed by atoms with van der Waals surface area (Å²) in [6, 6.07) is 9.39. The minimum atomic E-state index is -0.834. The molecule has 1 unspecified atom stereocenters. The van der Waals surface area contributed by atoms with E-state index < -0.39 is 6.17 Å². The van der Waals surface area contributed by atoms with Gasteiger partial charge < -0.3 is 20.1 Å². The first-order chi connectivity index (χ1) is 16.0. The lowest BCUT2D eigenvalue weighted by Gasteiger charge is -2.25. The summed E-state index contributed by atoms with van der Waals surface area (Å²) in [7, 11) is 1.58. The third-order valence-corrected chi connectivity index (χ3v) is 4.58. The van der Waals surface area contributed by atoms with Crippen LogP contribution in [0.3, 0.4) is 0 Å². The van der Waals surface area contributed by atoms with Gasteiger partial charge in [-0.15, -0.1) is 9.60 Å². The van der Waals surface area contributed by atoms with Gasteiger partial charge in [-0.25, -0.2) is 0 Å². The standard InChI is InChI=1S/C21H39FN6O5/c1-32-12-13-33-18-25-17-27(22)20(14-19-8-4-2-5-9-19)26-21(29)15-24-16-23-10-6-3-7-11-28(30)31/h2,4-5,8-9,20,23-25,30-31H,3,6-7,10-18H2,1H3,(H,26,29). The highest BCUT2D eigenvalue weighted by molar-refractivity contribution is 5.78. The van der Waals surface area contributed by atoms with E-state index >= 15 is 0 Å². The van der Waals surface area contributed by atoms with E-state index in [1.807, 2.05) is 30.3 Å². The molecule has 1 aromatic carbocycles. The van der Waals surface area contributed by atoms with Crippen LogP contribution in [0.4, 0.5) is 4.48 Å². The topological polar surface area (TPSA) is 131 Å². The highest BCUT2D eigenvalue weighted by Crippen LogP contribution is 2.07. The molecule has 0 spiro atoms. The van der Waals surface area contributed by atoms with Crippen LogP contribution < -0.4 is 21.3 Å². The number of rotatable bonds is 21. The van der Waals surface area contributed by atoms with E-state index in [4.69, 9.17) is 19.9 Å². The minimum absolute atomic E-state index is 0.0453. The van der Waals surface area contributed by atoms with Crippen molar-refractivity contribution in [3.63, 3.8) is 0 Å². The quantitative estimate of drug-likeness (QED) is 0.0645. The number of hydroxylamine groups is 2. The molecule has 11 nitrogen and oxygen atoms in total. The molecule has 0 saturated carbocycles. The largest absolute Gasteiger partial charge is 0.382 e. The molecule has 0 bridgehead atoms. The fourth-order valence-corrected chi connectivity index (χ4v) is 2.88. The van der Waals surface area contributed by atoms with E-state index in [1.165, 1.54) is 0 Å². The van der Waals surface area contributed by atoms with Gasteiger partial charge in [0.15, 0.2) is 0 Å². The molecule has 1 atom stereocenters. The molecular formula is C21H39FN6O5. The number of halogens is 1. The van der Waals surface area contributed by atoms with Gasteiger partial charge in [0.05, 0.1) is 39.7 Å². The Morgan fingerprint density at radius 2 is 1.88 bits per heavy atom. The Morgan fingerprint density at radius 3 is 2.61 bits per heavy atom. The maximum atomic E-state index is 14.7. The third-order valence-electron chi connectivity index (χ3n) is 4.58. The first kappa shape index (κ1) is 29.3. The summed E-state index contributed by atoms with van der Waals surface area (Å²) >= 11 is 0. The molecule has 0 saturated heterocycles. The molecule has 0 aliphatic heterocycles. The molecule has 0 radical (unpaired) electrons. The van der Waals surface area contributed by atoms with Crippen LogP contribution in [0.2, 0.25) is 0 Å². The van der Waals surface area contributed by atoms with Gasteiger partial charge in [-0.05, 0) is 24.9 Å². The van der Waals surface area contributed by atoms with Crippen LogP contribution >= 0.6 is 0 Å². The number of benzene rings is 1. The van der Waals surface area contributed by atoms with Gasteiger partial charge >= 0.3 is 0 Å². The number of hydrogen-bond donors (Lipinski definition) is 6. The smallest absolute Gasteiger partial charge is 0.235 e. The molecule has 1 amide bonds. The normalized spacial score (nSPS) is 12.4. The molecule has 0 heterocycles. The van der Waals surface area contributed by atoms with Crippen LogP contribution in [-0.4, -0.2) is 92.9 Å². The number of ether oxygens (including phenoxy) is 2. The lowest BCUT2D eigenvalue weighted by Crippen LogP contribution is -2.51. The van der Waals surface area contributed by atoms with Gasteiger partial charge in [0, 0.05) is 20.2 Å². The maximum Gasteiger partial charge on any atom is 0.235 e. The van der Waals surface area contributed by atoms with Crippen LogP contribution in [0.25, 0.3) is 0 Å². The summed E-state index contributed by atoms with van der Waals surface area (Å²) in [6.07, 6.45) is 1.89. The zero-order chi connectivity index (χ0) is 24.2. The second-order valence-corrected chi connectivity index (χ2v) is 7.39. The number of unbranched alkanes of at least 4 members (excludes halogenated alkanes) is 2. The highest BCUT2D eigenvalue weighted by atomic mass is 19.2. The molecule has 0 aliphatic carbocycles. The van der Waals surface area contributed by atoms with Crippen molar-refractivity contribution in [3.8, 4) is 0 Å². The predicted octanol–water partition coefficient (Wildman–Crippen LogP) is 0.413. The van der Waals surface area contributed by atoms with E-state index in [-0.39, 0.29) is 37.6 Å². The van der Waals surface area contributed by atoms with E-state index in [0.29, 0.717) is 37.8 Å². The highest BCUT2D eigenvalue weighted by Gasteiger charge is 2.20. The Balaban J connectivity index is 2.31. The van der Waals surface area contributed by atoms with Gasteiger partial charge in [-0.2, -0.15) is 0 Å². The van der Waals surface area contributed by atoms with Crippen molar-refractivity contribution in [2.45, 2.75) is 31.8 Å². The minimum Gasteiger partial charge on any atom is -0.382 e. The second-order valence-electron chi connectivity index (χ2n) is 7.39. The van der Waals surface area contributed by atoms with Crippen LogP contribution in [0.1, 0.15) is 24.8 Å². The van der Waals surface area contributed by atoms with Crippen molar-refractivity contribution < 1.29 is 29.2 Å². The van der Waals surface area contributed by atoms with Crippen molar-refractivity contribution in [1.29, 1.82) is 0 Å². The number of hydrogen-bond acceptors (Lipinski definition) is 10. The molecule has 12 heteroatoms. The van der Waals surface area contributed by atoms with E-state index in [1.54, 1.807) is 7.11 Å². The summed E-state index contributed by atoms with van der Waals surface area (Å²) in [5.41, 5.74) is 0.905. The molecule has 0 aromatic heterocycles. The monoisotopic (exact) mass is 474 g/mol. The molecule has 190 valence electrons. The molecule has 6 N–H and O–H groups in total. The first-order valence-corrected chi connectivity index (χ1v) is 11.1. The number of amides is 1. The zero-order valence-electron chi connectivity index (χ0n) is 19.3. The summed E-state index contributed by atoms with van der Waals surface area (Å²) in [4.78, 5) is 12.3. The predicted molar refractivity (Wildman–Crippen MR) is 121 cm³/mol. The second kappa shape index (κ2) is 19.7. The SMILES string of the molecule is COCCOCNCN(F)C(Cc1ccccc1)NC(=O)CNCNCCCCCN(O)O. The first-order valence-electron chi connectivity index (χ1n) is 11.1. The molecular weight excluding hydrogens is 435 g/mol. The fraction of sp³-hybridized carbons (Fsp3) is 0.667. The third kappa shape index (κ3) is 16.5. The summed E-state index contributed by atoms with van der Waals surface area (Å²) in [5, 5.41) is 29.7. The number of nitrogens with one attached hydrogen (secondary N) is 4. The fourth-order valence-electron chi connectivity index (χ4n) is 2.88. The van der Waals surface area contributed by atoms with Gasteiger partial charge in [0.25, 0.3) is 0 Å². The number of carbonyl (C=O) groups is 1. The maximum absolute atomic E-state index is 14.7. The lowest BCUT2D eigenvalue weighted by molar-refractivity contribution is -0.306. The van der Waals surface area contributed by atoms with Crippen molar-refractivity contribution in [3.05, 3.63) is 35.9 Å². The summed E-state index contributed by atoms with van der Waals surface area (Å²) in [5.74, 6) is -0.317. The Hall–Kier alpha value is -1.74. The van der Waals surface area contributed by atoms with Crippen LogP contribution in [0.5, 0.6) is 0 Å². The lowest BCUT2D eigenvalue weighted by atomic mass is 10.1. The van der Waals surface area contributed by atoms with E-state index in [0.717, 1.165) is 24.9 Å². The number of carbonyl (C=O) groups excluding carboxylic acids is 1. The van der Waals surface area contributed by atoms with E-state index in [2.05, 4.69) is 21.3 Å². The molecule has 1 rings (SSSR count). The summed E-state index contributed by atoms with van der Waals surface area (Å²) in [6.45, 7) is 2.35. The molecule has 1 aromatic rings.